The number of anilines is 3. The molecular weight excluding hydrogens is 713 g/mol. The molecule has 0 fully saturated rings. The van der Waals surface area contributed by atoms with Gasteiger partial charge in [0.05, 0.1) is 11.0 Å². The van der Waals surface area contributed by atoms with Gasteiger partial charge in [-0.1, -0.05) is 166 Å². The van der Waals surface area contributed by atoms with Crippen LogP contribution in [0.15, 0.2) is 218 Å². The SMILES string of the molecule is CC1(C)c2ccccc2-c2ccc(N(c3ccc(-c4ccccc4)cc3)c3ccc(-c4ccccc4-c4ccc5c(c4)c4ccccc4n5-c4ccccc4)cc3)cc21. The van der Waals surface area contributed by atoms with E-state index < -0.39 is 0 Å². The predicted molar refractivity (Wildman–Crippen MR) is 249 cm³/mol. The Morgan fingerprint density at radius 1 is 0.339 bits per heavy atom. The first-order valence-corrected chi connectivity index (χ1v) is 20.5. The molecule has 9 aromatic carbocycles. The fourth-order valence-corrected chi connectivity index (χ4v) is 9.48. The van der Waals surface area contributed by atoms with Crippen LogP contribution in [0.3, 0.4) is 0 Å². The molecule has 1 heterocycles. The lowest BCUT2D eigenvalue weighted by Crippen LogP contribution is -2.16. The zero-order chi connectivity index (χ0) is 39.5. The lowest BCUT2D eigenvalue weighted by molar-refractivity contribution is 0.660. The number of benzene rings is 9. The molecule has 11 rings (SSSR count). The lowest BCUT2D eigenvalue weighted by Gasteiger charge is -2.28. The number of fused-ring (bicyclic) bond motifs is 6. The average Bonchev–Trinajstić information content (AvgIpc) is 3.75. The van der Waals surface area contributed by atoms with Crippen molar-refractivity contribution in [2.75, 3.05) is 4.90 Å². The number of aromatic nitrogens is 1. The van der Waals surface area contributed by atoms with E-state index in [-0.39, 0.29) is 5.41 Å². The molecule has 2 nitrogen and oxygen atoms in total. The summed E-state index contributed by atoms with van der Waals surface area (Å²) < 4.78 is 2.38. The van der Waals surface area contributed by atoms with Gasteiger partial charge in [-0.25, -0.2) is 0 Å². The van der Waals surface area contributed by atoms with E-state index in [1.165, 1.54) is 83.1 Å². The van der Waals surface area contributed by atoms with Crippen LogP contribution in [0.1, 0.15) is 25.0 Å². The van der Waals surface area contributed by atoms with Crippen LogP contribution >= 0.6 is 0 Å². The van der Waals surface area contributed by atoms with Crippen LogP contribution in [0.2, 0.25) is 0 Å². The van der Waals surface area contributed by atoms with Crippen LogP contribution in [0.4, 0.5) is 17.1 Å². The number of hydrogen-bond donors (Lipinski definition) is 0. The zero-order valence-electron chi connectivity index (χ0n) is 33.2. The van der Waals surface area contributed by atoms with Crippen molar-refractivity contribution in [2.24, 2.45) is 0 Å². The molecule has 1 aliphatic rings. The summed E-state index contributed by atoms with van der Waals surface area (Å²) in [5.74, 6) is 0. The van der Waals surface area contributed by atoms with Gasteiger partial charge in [-0.3, -0.25) is 0 Å². The summed E-state index contributed by atoms with van der Waals surface area (Å²) in [4.78, 5) is 2.40. The summed E-state index contributed by atoms with van der Waals surface area (Å²) in [5, 5.41) is 2.51. The third-order valence-electron chi connectivity index (χ3n) is 12.4. The third kappa shape index (κ3) is 5.79. The third-order valence-corrected chi connectivity index (χ3v) is 12.4. The average molecular weight is 755 g/mol. The summed E-state index contributed by atoms with van der Waals surface area (Å²) in [6.45, 7) is 4.71. The molecule has 0 atom stereocenters. The largest absolute Gasteiger partial charge is 0.310 e. The molecule has 0 bridgehead atoms. The van der Waals surface area contributed by atoms with Gasteiger partial charge in [-0.05, 0) is 122 Å². The van der Waals surface area contributed by atoms with Gasteiger partial charge in [0.1, 0.15) is 0 Å². The van der Waals surface area contributed by atoms with E-state index >= 15 is 0 Å². The molecule has 0 N–H and O–H groups in total. The van der Waals surface area contributed by atoms with Gasteiger partial charge < -0.3 is 9.47 Å². The first kappa shape index (κ1) is 34.8. The molecule has 0 spiro atoms. The van der Waals surface area contributed by atoms with E-state index in [2.05, 4.69) is 242 Å². The van der Waals surface area contributed by atoms with E-state index in [0.29, 0.717) is 0 Å². The van der Waals surface area contributed by atoms with Crippen LogP contribution in [-0.4, -0.2) is 4.57 Å². The molecule has 0 saturated carbocycles. The van der Waals surface area contributed by atoms with E-state index in [9.17, 15) is 0 Å². The maximum Gasteiger partial charge on any atom is 0.0541 e. The zero-order valence-corrected chi connectivity index (χ0v) is 33.2. The Morgan fingerprint density at radius 2 is 0.847 bits per heavy atom. The molecule has 10 aromatic rings. The van der Waals surface area contributed by atoms with Crippen molar-refractivity contribution in [1.29, 1.82) is 0 Å². The van der Waals surface area contributed by atoms with Crippen LogP contribution in [0.25, 0.3) is 72.0 Å². The maximum absolute atomic E-state index is 2.41. The standard InChI is InChI=1S/C57H42N2/c1-57(2)53-23-13-11-21-49(53)50-35-34-46(38-54(50)57)58(44-30-25-40(26-31-44)39-15-5-3-6-16-39)45-32-27-41(28-33-45)47-19-9-10-20-48(47)42-29-36-56-52(37-42)51-22-12-14-24-55(51)59(56)43-17-7-4-8-18-43/h3-38H,1-2H3. The minimum Gasteiger partial charge on any atom is -0.310 e. The van der Waals surface area contributed by atoms with Crippen LogP contribution in [-0.2, 0) is 5.41 Å². The Balaban J connectivity index is 1.00. The molecular formula is C57H42N2. The number of para-hydroxylation sites is 2. The fourth-order valence-electron chi connectivity index (χ4n) is 9.48. The summed E-state index contributed by atoms with van der Waals surface area (Å²) in [6, 6.07) is 79.8. The Labute approximate surface area is 345 Å². The van der Waals surface area contributed by atoms with Crippen LogP contribution in [0, 0.1) is 0 Å². The highest BCUT2D eigenvalue weighted by molar-refractivity contribution is 6.10. The second kappa shape index (κ2) is 13.9. The highest BCUT2D eigenvalue weighted by atomic mass is 15.1. The quantitative estimate of drug-likeness (QED) is 0.157. The van der Waals surface area contributed by atoms with Crippen molar-refractivity contribution in [3.05, 3.63) is 230 Å². The number of nitrogens with zero attached hydrogens (tertiary/aromatic N) is 2. The lowest BCUT2D eigenvalue weighted by atomic mass is 9.82. The van der Waals surface area contributed by atoms with Crippen molar-refractivity contribution in [2.45, 2.75) is 19.3 Å². The molecule has 1 aromatic heterocycles. The molecule has 0 amide bonds. The van der Waals surface area contributed by atoms with Gasteiger partial charge >= 0.3 is 0 Å². The molecule has 59 heavy (non-hydrogen) atoms. The first-order chi connectivity index (χ1) is 29.0. The first-order valence-electron chi connectivity index (χ1n) is 20.5. The maximum atomic E-state index is 2.41. The smallest absolute Gasteiger partial charge is 0.0541 e. The number of rotatable bonds is 7. The van der Waals surface area contributed by atoms with E-state index in [1.807, 2.05) is 0 Å². The van der Waals surface area contributed by atoms with Crippen molar-refractivity contribution >= 4 is 38.9 Å². The highest BCUT2D eigenvalue weighted by Gasteiger charge is 2.35. The molecule has 0 aliphatic heterocycles. The minimum atomic E-state index is -0.0994. The fraction of sp³-hybridized carbons (Fsp3) is 0.0526. The second-order valence-electron chi connectivity index (χ2n) is 16.2. The van der Waals surface area contributed by atoms with Crippen molar-refractivity contribution in [1.82, 2.24) is 4.57 Å². The monoisotopic (exact) mass is 754 g/mol. The number of hydrogen-bond acceptors (Lipinski definition) is 1. The summed E-state index contributed by atoms with van der Waals surface area (Å²) >= 11 is 0. The summed E-state index contributed by atoms with van der Waals surface area (Å²) in [7, 11) is 0. The molecule has 2 heteroatoms. The van der Waals surface area contributed by atoms with Gasteiger partial charge in [-0.15, -0.1) is 0 Å². The second-order valence-corrected chi connectivity index (χ2v) is 16.2. The van der Waals surface area contributed by atoms with E-state index in [0.717, 1.165) is 17.1 Å². The molecule has 0 unspecified atom stereocenters. The Kier molecular flexibility index (Phi) is 8.20. The van der Waals surface area contributed by atoms with Crippen molar-refractivity contribution < 1.29 is 0 Å². The summed E-state index contributed by atoms with van der Waals surface area (Å²) in [5.41, 5.74) is 19.5. The Hall–Kier alpha value is -7.42. The molecule has 0 radical (unpaired) electrons. The van der Waals surface area contributed by atoms with E-state index in [1.54, 1.807) is 0 Å². The predicted octanol–water partition coefficient (Wildman–Crippen LogP) is 15.6. The van der Waals surface area contributed by atoms with Gasteiger partial charge in [-0.2, -0.15) is 0 Å². The topological polar surface area (TPSA) is 8.17 Å². The van der Waals surface area contributed by atoms with Gasteiger partial charge in [0.15, 0.2) is 0 Å². The highest BCUT2D eigenvalue weighted by Crippen LogP contribution is 2.51. The molecule has 1 aliphatic carbocycles. The van der Waals surface area contributed by atoms with Crippen LogP contribution < -0.4 is 4.90 Å². The van der Waals surface area contributed by atoms with Gasteiger partial charge in [0.25, 0.3) is 0 Å². The van der Waals surface area contributed by atoms with Crippen LogP contribution in [0.5, 0.6) is 0 Å². The summed E-state index contributed by atoms with van der Waals surface area (Å²) in [6.07, 6.45) is 0. The van der Waals surface area contributed by atoms with Gasteiger partial charge in [0.2, 0.25) is 0 Å². The Morgan fingerprint density at radius 3 is 1.58 bits per heavy atom. The Bertz CT molecular complexity index is 3150. The minimum absolute atomic E-state index is 0.0994. The van der Waals surface area contributed by atoms with Crippen molar-refractivity contribution in [3.8, 4) is 50.2 Å². The molecule has 280 valence electrons. The molecule has 0 saturated heterocycles. The van der Waals surface area contributed by atoms with E-state index in [4.69, 9.17) is 0 Å². The van der Waals surface area contributed by atoms with Gasteiger partial charge in [0, 0.05) is 38.9 Å². The normalized spacial score (nSPS) is 12.7. The van der Waals surface area contributed by atoms with Crippen molar-refractivity contribution in [3.63, 3.8) is 0 Å².